The molecular formula is C11H15ClN4O3. The molecule has 1 unspecified atom stereocenters. The summed E-state index contributed by atoms with van der Waals surface area (Å²) in [7, 11) is 0. The highest BCUT2D eigenvalue weighted by molar-refractivity contribution is 6.32. The summed E-state index contributed by atoms with van der Waals surface area (Å²) in [6, 6.07) is -0.579. The molecule has 0 bridgehead atoms. The van der Waals surface area contributed by atoms with Crippen LogP contribution in [0.3, 0.4) is 0 Å². The molecular weight excluding hydrogens is 272 g/mol. The van der Waals surface area contributed by atoms with Crippen molar-refractivity contribution in [2.45, 2.75) is 32.2 Å². The van der Waals surface area contributed by atoms with Crippen molar-refractivity contribution in [3.63, 3.8) is 0 Å². The average Bonchev–Trinajstić information content (AvgIpc) is 2.80. The zero-order valence-electron chi connectivity index (χ0n) is 10.6. The maximum Gasteiger partial charge on any atom is 0.408 e. The summed E-state index contributed by atoms with van der Waals surface area (Å²) in [6.45, 7) is 3.14. The minimum atomic E-state index is -0.656. The predicted octanol–water partition coefficient (Wildman–Crippen LogP) is 2.02. The Morgan fingerprint density at radius 3 is 2.63 bits per heavy atom. The first-order valence-electron chi connectivity index (χ1n) is 6.18. The first-order chi connectivity index (χ1) is 9.00. The molecule has 0 spiro atoms. The van der Waals surface area contributed by atoms with Gasteiger partial charge < -0.3 is 15.0 Å². The van der Waals surface area contributed by atoms with E-state index in [9.17, 15) is 14.9 Å². The van der Waals surface area contributed by atoms with Gasteiger partial charge in [0.05, 0.1) is 11.3 Å². The monoisotopic (exact) mass is 286 g/mol. The number of piperidine rings is 1. The third-order valence-electron chi connectivity index (χ3n) is 3.26. The number of amides is 1. The van der Waals surface area contributed by atoms with Gasteiger partial charge in [-0.1, -0.05) is 11.6 Å². The van der Waals surface area contributed by atoms with Gasteiger partial charge in [0.25, 0.3) is 0 Å². The first-order valence-corrected chi connectivity index (χ1v) is 6.56. The van der Waals surface area contributed by atoms with Crippen LogP contribution in [0.15, 0.2) is 6.20 Å². The van der Waals surface area contributed by atoms with E-state index in [0.717, 1.165) is 32.4 Å². The molecule has 0 saturated carbocycles. The normalized spacial score (nSPS) is 17.3. The van der Waals surface area contributed by atoms with Crippen LogP contribution in [-0.4, -0.2) is 38.6 Å². The number of likely N-dealkylation sites (tertiary alicyclic amines) is 1. The molecule has 104 valence electrons. The smallest absolute Gasteiger partial charge is 0.358 e. The standard InChI is InChI=1S/C11H15ClN4O3/c1-8(11(17)14-5-3-2-4-6-14)15-7-9(12)10(13-15)16(18)19/h7-8H,2-6H2,1H3. The van der Waals surface area contributed by atoms with Crippen LogP contribution in [0.5, 0.6) is 0 Å². The molecule has 0 radical (unpaired) electrons. The van der Waals surface area contributed by atoms with Crippen molar-refractivity contribution >= 4 is 23.3 Å². The molecule has 8 heteroatoms. The lowest BCUT2D eigenvalue weighted by molar-refractivity contribution is -0.389. The Morgan fingerprint density at radius 1 is 1.47 bits per heavy atom. The molecule has 1 saturated heterocycles. The lowest BCUT2D eigenvalue weighted by atomic mass is 10.1. The van der Waals surface area contributed by atoms with Crippen LogP contribution in [0.4, 0.5) is 5.82 Å². The van der Waals surface area contributed by atoms with E-state index in [4.69, 9.17) is 11.6 Å². The van der Waals surface area contributed by atoms with Gasteiger partial charge in [0.1, 0.15) is 6.04 Å². The molecule has 1 aromatic heterocycles. The fourth-order valence-electron chi connectivity index (χ4n) is 2.17. The summed E-state index contributed by atoms with van der Waals surface area (Å²) in [5, 5.41) is 14.4. The zero-order valence-corrected chi connectivity index (χ0v) is 11.3. The van der Waals surface area contributed by atoms with Gasteiger partial charge in [-0.15, -0.1) is 0 Å². The molecule has 0 N–H and O–H groups in total. The Morgan fingerprint density at radius 2 is 2.11 bits per heavy atom. The maximum atomic E-state index is 12.2. The molecule has 0 aliphatic carbocycles. The van der Waals surface area contributed by atoms with Gasteiger partial charge in [0.2, 0.25) is 5.91 Å². The molecule has 19 heavy (non-hydrogen) atoms. The van der Waals surface area contributed by atoms with Crippen molar-refractivity contribution in [1.82, 2.24) is 14.7 Å². The number of hydrogen-bond donors (Lipinski definition) is 0. The number of nitrogens with zero attached hydrogens (tertiary/aromatic N) is 4. The molecule has 1 fully saturated rings. The summed E-state index contributed by atoms with van der Waals surface area (Å²) >= 11 is 5.72. The second-order valence-corrected chi connectivity index (χ2v) is 5.01. The van der Waals surface area contributed by atoms with E-state index in [1.165, 1.54) is 10.9 Å². The molecule has 1 aliphatic rings. The number of halogens is 1. The molecule has 2 heterocycles. The van der Waals surface area contributed by atoms with Crippen LogP contribution in [0.1, 0.15) is 32.2 Å². The molecule has 1 aromatic rings. The number of carbonyl (C=O) groups excluding carboxylic acids is 1. The van der Waals surface area contributed by atoms with Crippen LogP contribution in [0.25, 0.3) is 0 Å². The van der Waals surface area contributed by atoms with Gasteiger partial charge >= 0.3 is 5.82 Å². The third-order valence-corrected chi connectivity index (χ3v) is 3.53. The molecule has 0 aromatic carbocycles. The molecule has 7 nitrogen and oxygen atoms in total. The third kappa shape index (κ3) is 2.86. The summed E-state index contributed by atoms with van der Waals surface area (Å²) in [5.74, 6) is -0.492. The van der Waals surface area contributed by atoms with E-state index in [-0.39, 0.29) is 10.9 Å². The van der Waals surface area contributed by atoms with Gasteiger partial charge in [-0.2, -0.15) is 4.68 Å². The SMILES string of the molecule is CC(C(=O)N1CCCCC1)n1cc(Cl)c([N+](=O)[O-])n1. The van der Waals surface area contributed by atoms with E-state index in [2.05, 4.69) is 5.10 Å². The number of aromatic nitrogens is 2. The highest BCUT2D eigenvalue weighted by Crippen LogP contribution is 2.24. The lowest BCUT2D eigenvalue weighted by Gasteiger charge is -2.28. The van der Waals surface area contributed by atoms with Gasteiger partial charge in [-0.3, -0.25) is 4.79 Å². The summed E-state index contributed by atoms with van der Waals surface area (Å²) in [5.41, 5.74) is 0. The van der Waals surface area contributed by atoms with Crippen molar-refractivity contribution in [2.75, 3.05) is 13.1 Å². The highest BCUT2D eigenvalue weighted by atomic mass is 35.5. The average molecular weight is 287 g/mol. The zero-order chi connectivity index (χ0) is 14.0. The molecule has 2 rings (SSSR count). The van der Waals surface area contributed by atoms with E-state index in [0.29, 0.717) is 0 Å². The summed E-state index contributed by atoms with van der Waals surface area (Å²) in [6.07, 6.45) is 4.46. The quantitative estimate of drug-likeness (QED) is 0.629. The van der Waals surface area contributed by atoms with Crippen molar-refractivity contribution in [3.05, 3.63) is 21.3 Å². The van der Waals surface area contributed by atoms with Crippen LogP contribution in [0, 0.1) is 10.1 Å². The Balaban J connectivity index is 2.14. The number of rotatable bonds is 3. The van der Waals surface area contributed by atoms with Crippen LogP contribution in [0.2, 0.25) is 5.02 Å². The predicted molar refractivity (Wildman–Crippen MR) is 69.0 cm³/mol. The Bertz CT molecular complexity index is 496. The van der Waals surface area contributed by atoms with Crippen molar-refractivity contribution in [3.8, 4) is 0 Å². The summed E-state index contributed by atoms with van der Waals surface area (Å²) in [4.78, 5) is 24.0. The first kappa shape index (κ1) is 13.8. The number of carbonyl (C=O) groups is 1. The lowest BCUT2D eigenvalue weighted by Crippen LogP contribution is -2.39. The molecule has 1 aliphatic heterocycles. The Hall–Kier alpha value is -1.63. The highest BCUT2D eigenvalue weighted by Gasteiger charge is 2.29. The van der Waals surface area contributed by atoms with Gasteiger partial charge in [0.15, 0.2) is 5.02 Å². The van der Waals surface area contributed by atoms with Gasteiger partial charge in [-0.25, -0.2) is 0 Å². The molecule has 1 amide bonds. The second kappa shape index (κ2) is 5.56. The minimum Gasteiger partial charge on any atom is -0.358 e. The molecule has 1 atom stereocenters. The fourth-order valence-corrected chi connectivity index (χ4v) is 2.38. The van der Waals surface area contributed by atoms with Gasteiger partial charge in [-0.05, 0) is 31.1 Å². The van der Waals surface area contributed by atoms with E-state index in [1.54, 1.807) is 11.8 Å². The topological polar surface area (TPSA) is 81.3 Å². The Labute approximate surface area is 115 Å². The van der Waals surface area contributed by atoms with Crippen LogP contribution < -0.4 is 0 Å². The fraction of sp³-hybridized carbons (Fsp3) is 0.636. The maximum absolute atomic E-state index is 12.2. The van der Waals surface area contributed by atoms with E-state index < -0.39 is 16.8 Å². The minimum absolute atomic E-state index is 0.0525. The van der Waals surface area contributed by atoms with Crippen molar-refractivity contribution in [1.29, 1.82) is 0 Å². The van der Waals surface area contributed by atoms with Crippen molar-refractivity contribution in [2.24, 2.45) is 0 Å². The largest absolute Gasteiger partial charge is 0.408 e. The van der Waals surface area contributed by atoms with Crippen LogP contribution >= 0.6 is 11.6 Å². The number of nitro groups is 1. The van der Waals surface area contributed by atoms with E-state index in [1.807, 2.05) is 0 Å². The van der Waals surface area contributed by atoms with Gasteiger partial charge in [0, 0.05) is 13.1 Å². The van der Waals surface area contributed by atoms with Crippen LogP contribution in [-0.2, 0) is 4.79 Å². The summed E-state index contributed by atoms with van der Waals surface area (Å²) < 4.78 is 1.26. The van der Waals surface area contributed by atoms with E-state index >= 15 is 0 Å². The number of hydrogen-bond acceptors (Lipinski definition) is 4. The van der Waals surface area contributed by atoms with Crippen molar-refractivity contribution < 1.29 is 9.72 Å². The second-order valence-electron chi connectivity index (χ2n) is 4.60. The Kier molecular flexibility index (Phi) is 4.04.